The van der Waals surface area contributed by atoms with E-state index in [0.29, 0.717) is 6.54 Å². The van der Waals surface area contributed by atoms with Gasteiger partial charge in [0, 0.05) is 24.5 Å². The van der Waals surface area contributed by atoms with E-state index in [1.54, 1.807) is 12.4 Å². The fraction of sp³-hybridized carbons (Fsp3) is 0.333. The Morgan fingerprint density at radius 2 is 1.81 bits per heavy atom. The zero-order valence-corrected chi connectivity index (χ0v) is 13.0. The fourth-order valence-corrected chi connectivity index (χ4v) is 2.20. The third-order valence-corrected chi connectivity index (χ3v) is 3.77. The lowest BCUT2D eigenvalue weighted by atomic mass is 10.0. The Bertz CT molecular complexity index is 608. The zero-order chi connectivity index (χ0) is 15.2. The molecule has 0 N–H and O–H groups in total. The predicted molar refractivity (Wildman–Crippen MR) is 85.7 cm³/mol. The number of ketones is 1. The highest BCUT2D eigenvalue weighted by molar-refractivity contribution is 5.97. The molecule has 21 heavy (non-hydrogen) atoms. The molecule has 2 aromatic rings. The normalized spacial score (nSPS) is 10.9. The molecule has 0 aliphatic carbocycles. The highest BCUT2D eigenvalue weighted by Gasteiger charge is 2.10. The van der Waals surface area contributed by atoms with Crippen LogP contribution in [0.3, 0.4) is 0 Å². The van der Waals surface area contributed by atoms with Crippen molar-refractivity contribution in [2.75, 3.05) is 20.1 Å². The molecule has 1 heterocycles. The molecule has 110 valence electrons. The van der Waals surface area contributed by atoms with Crippen LogP contribution in [0.15, 0.2) is 42.7 Å². The Labute approximate surface area is 126 Å². The summed E-state index contributed by atoms with van der Waals surface area (Å²) >= 11 is 0. The molecule has 1 aromatic carbocycles. The Balaban J connectivity index is 1.88. The number of nitrogens with zero attached hydrogens (tertiary/aromatic N) is 2. The van der Waals surface area contributed by atoms with Crippen molar-refractivity contribution in [3.8, 4) is 0 Å². The topological polar surface area (TPSA) is 33.2 Å². The maximum Gasteiger partial charge on any atom is 0.176 e. The summed E-state index contributed by atoms with van der Waals surface area (Å²) in [4.78, 5) is 18.4. The smallest absolute Gasteiger partial charge is 0.176 e. The van der Waals surface area contributed by atoms with Crippen LogP contribution in [0.1, 0.15) is 27.0 Å². The summed E-state index contributed by atoms with van der Waals surface area (Å²) in [6, 6.07) is 9.94. The number of hydrogen-bond donors (Lipinski definition) is 0. The molecule has 0 aliphatic heterocycles. The number of carbonyl (C=O) groups is 1. The minimum atomic E-state index is 0.176. The average Bonchev–Trinajstić information content (AvgIpc) is 2.49. The summed E-state index contributed by atoms with van der Waals surface area (Å²) in [6.07, 6.45) is 4.53. The average molecular weight is 282 g/mol. The maximum absolute atomic E-state index is 12.3. The number of benzene rings is 1. The molecule has 3 heteroatoms. The van der Waals surface area contributed by atoms with Gasteiger partial charge in [0.2, 0.25) is 0 Å². The van der Waals surface area contributed by atoms with Crippen LogP contribution in [-0.4, -0.2) is 35.8 Å². The summed E-state index contributed by atoms with van der Waals surface area (Å²) in [5.41, 5.74) is 4.43. The van der Waals surface area contributed by atoms with Gasteiger partial charge in [-0.3, -0.25) is 14.7 Å². The molecule has 0 amide bonds. The van der Waals surface area contributed by atoms with Crippen LogP contribution in [0.4, 0.5) is 0 Å². The lowest BCUT2D eigenvalue weighted by molar-refractivity contribution is 0.0947. The van der Waals surface area contributed by atoms with Crippen LogP contribution in [0, 0.1) is 13.8 Å². The van der Waals surface area contributed by atoms with Crippen molar-refractivity contribution in [2.45, 2.75) is 20.3 Å². The van der Waals surface area contributed by atoms with Gasteiger partial charge in [-0.25, -0.2) is 0 Å². The van der Waals surface area contributed by atoms with Crippen molar-refractivity contribution < 1.29 is 4.79 Å². The van der Waals surface area contributed by atoms with Crippen LogP contribution in [0.5, 0.6) is 0 Å². The molecular formula is C18H22N2O. The second-order valence-corrected chi connectivity index (χ2v) is 5.57. The summed E-state index contributed by atoms with van der Waals surface area (Å²) in [5, 5.41) is 0. The fourth-order valence-electron chi connectivity index (χ4n) is 2.20. The number of aromatic nitrogens is 1. The first kappa shape index (κ1) is 15.4. The minimum Gasteiger partial charge on any atom is -0.299 e. The van der Waals surface area contributed by atoms with Crippen molar-refractivity contribution in [1.29, 1.82) is 0 Å². The molecule has 0 bridgehead atoms. The molecule has 0 saturated heterocycles. The number of likely N-dealkylation sites (N-methyl/N-ethyl adjacent to an activating group) is 1. The molecule has 3 nitrogen and oxygen atoms in total. The molecule has 0 fully saturated rings. The van der Waals surface area contributed by atoms with Crippen molar-refractivity contribution in [3.63, 3.8) is 0 Å². The lowest BCUT2D eigenvalue weighted by Crippen LogP contribution is -2.28. The maximum atomic E-state index is 12.3. The lowest BCUT2D eigenvalue weighted by Gasteiger charge is -2.16. The van der Waals surface area contributed by atoms with E-state index >= 15 is 0 Å². The van der Waals surface area contributed by atoms with E-state index in [4.69, 9.17) is 0 Å². The van der Waals surface area contributed by atoms with E-state index in [2.05, 4.69) is 16.8 Å². The van der Waals surface area contributed by atoms with Crippen molar-refractivity contribution in [2.24, 2.45) is 0 Å². The molecule has 0 saturated carbocycles. The van der Waals surface area contributed by atoms with Gasteiger partial charge in [0.15, 0.2) is 5.78 Å². The van der Waals surface area contributed by atoms with Gasteiger partial charge in [-0.15, -0.1) is 0 Å². The molecule has 1 aromatic heterocycles. The van der Waals surface area contributed by atoms with Crippen molar-refractivity contribution in [3.05, 3.63) is 65.0 Å². The van der Waals surface area contributed by atoms with Crippen LogP contribution in [0.2, 0.25) is 0 Å². The van der Waals surface area contributed by atoms with Gasteiger partial charge < -0.3 is 0 Å². The van der Waals surface area contributed by atoms with Gasteiger partial charge in [0.05, 0.1) is 6.54 Å². The minimum absolute atomic E-state index is 0.176. The van der Waals surface area contributed by atoms with Gasteiger partial charge in [-0.1, -0.05) is 12.1 Å². The second kappa shape index (κ2) is 7.14. The number of Topliss-reactive ketones (excluding diaryl/α,β-unsaturated/α-hetero) is 1. The monoisotopic (exact) mass is 282 g/mol. The number of rotatable bonds is 6. The first-order valence-corrected chi connectivity index (χ1v) is 7.24. The largest absolute Gasteiger partial charge is 0.299 e. The van der Waals surface area contributed by atoms with E-state index in [-0.39, 0.29) is 5.78 Å². The SMILES string of the molecule is Cc1ccc(C(=O)CN(C)CCc2ccncc2)cc1C. The zero-order valence-electron chi connectivity index (χ0n) is 13.0. The Morgan fingerprint density at radius 3 is 2.48 bits per heavy atom. The molecule has 0 radical (unpaired) electrons. The van der Waals surface area contributed by atoms with Gasteiger partial charge in [-0.2, -0.15) is 0 Å². The summed E-state index contributed by atoms with van der Waals surface area (Å²) in [5.74, 6) is 0.176. The molecule has 0 unspecified atom stereocenters. The van der Waals surface area contributed by atoms with Gasteiger partial charge in [-0.05, 0) is 62.2 Å². The standard InChI is InChI=1S/C18H22N2O/c1-14-4-5-17(12-15(14)2)18(21)13-20(3)11-8-16-6-9-19-10-7-16/h4-7,9-10,12H,8,11,13H2,1-3H3. The van der Waals surface area contributed by atoms with E-state index in [1.165, 1.54) is 16.7 Å². The summed E-state index contributed by atoms with van der Waals surface area (Å²) in [6.45, 7) is 5.41. The predicted octanol–water partition coefficient (Wildman–Crippen LogP) is 3.06. The number of hydrogen-bond acceptors (Lipinski definition) is 3. The van der Waals surface area contributed by atoms with E-state index in [1.807, 2.05) is 44.3 Å². The molecule has 0 spiro atoms. The van der Waals surface area contributed by atoms with E-state index in [9.17, 15) is 4.79 Å². The van der Waals surface area contributed by atoms with Crippen molar-refractivity contribution in [1.82, 2.24) is 9.88 Å². The van der Waals surface area contributed by atoms with Crippen LogP contribution < -0.4 is 0 Å². The highest BCUT2D eigenvalue weighted by atomic mass is 16.1. The van der Waals surface area contributed by atoms with Crippen molar-refractivity contribution >= 4 is 5.78 Å². The second-order valence-electron chi connectivity index (χ2n) is 5.57. The van der Waals surface area contributed by atoms with E-state index in [0.717, 1.165) is 18.5 Å². The van der Waals surface area contributed by atoms with E-state index < -0.39 is 0 Å². The van der Waals surface area contributed by atoms with Crippen LogP contribution >= 0.6 is 0 Å². The summed E-state index contributed by atoms with van der Waals surface area (Å²) < 4.78 is 0. The Kier molecular flexibility index (Phi) is 5.23. The number of pyridine rings is 1. The quantitative estimate of drug-likeness (QED) is 0.763. The van der Waals surface area contributed by atoms with Crippen LogP contribution in [0.25, 0.3) is 0 Å². The third kappa shape index (κ3) is 4.50. The number of carbonyl (C=O) groups excluding carboxylic acids is 1. The van der Waals surface area contributed by atoms with Gasteiger partial charge >= 0.3 is 0 Å². The first-order valence-electron chi connectivity index (χ1n) is 7.24. The third-order valence-electron chi connectivity index (χ3n) is 3.77. The Morgan fingerprint density at radius 1 is 1.10 bits per heavy atom. The first-order chi connectivity index (χ1) is 10.1. The number of aryl methyl sites for hydroxylation is 2. The Hall–Kier alpha value is -2.00. The van der Waals surface area contributed by atoms with Crippen LogP contribution in [-0.2, 0) is 6.42 Å². The summed E-state index contributed by atoms with van der Waals surface area (Å²) in [7, 11) is 1.99. The van der Waals surface area contributed by atoms with Gasteiger partial charge in [0.25, 0.3) is 0 Å². The molecule has 2 rings (SSSR count). The van der Waals surface area contributed by atoms with Gasteiger partial charge in [0.1, 0.15) is 0 Å². The molecule has 0 aliphatic rings. The molecular weight excluding hydrogens is 260 g/mol. The molecule has 0 atom stereocenters. The highest BCUT2D eigenvalue weighted by Crippen LogP contribution is 2.11.